The summed E-state index contributed by atoms with van der Waals surface area (Å²) in [5.74, 6) is 1.33. The monoisotopic (exact) mass is 256 g/mol. The van der Waals surface area contributed by atoms with Crippen molar-refractivity contribution >= 4 is 23.1 Å². The third-order valence-electron chi connectivity index (χ3n) is 3.05. The molecular formula is C11H17ClN4O. The molecule has 0 aromatic carbocycles. The number of rotatable bonds is 3. The molecule has 1 aromatic heterocycles. The molecule has 1 aliphatic heterocycles. The largest absolute Gasteiger partial charge is 0.393 e. The van der Waals surface area contributed by atoms with Gasteiger partial charge in [-0.3, -0.25) is 0 Å². The Morgan fingerprint density at radius 3 is 2.88 bits per heavy atom. The Kier molecular flexibility index (Phi) is 4.02. The molecule has 2 N–H and O–H groups in total. The number of halogens is 1. The number of aromatic nitrogens is 2. The van der Waals surface area contributed by atoms with E-state index in [-0.39, 0.29) is 0 Å². The third kappa shape index (κ3) is 2.98. The van der Waals surface area contributed by atoms with Gasteiger partial charge in [-0.1, -0.05) is 11.6 Å². The molecule has 17 heavy (non-hydrogen) atoms. The zero-order valence-electron chi connectivity index (χ0n) is 9.90. The van der Waals surface area contributed by atoms with E-state index in [2.05, 4.69) is 9.97 Å². The van der Waals surface area contributed by atoms with Crippen LogP contribution in [0.2, 0.25) is 5.15 Å². The summed E-state index contributed by atoms with van der Waals surface area (Å²) in [4.78, 5) is 10.1. The van der Waals surface area contributed by atoms with Gasteiger partial charge in [-0.05, 0) is 18.8 Å². The van der Waals surface area contributed by atoms with Gasteiger partial charge in [0.05, 0.1) is 0 Å². The fraction of sp³-hybridized carbons (Fsp3) is 0.636. The molecule has 0 atom stereocenters. The van der Waals surface area contributed by atoms with Crippen LogP contribution in [0.25, 0.3) is 0 Å². The van der Waals surface area contributed by atoms with Crippen molar-refractivity contribution in [2.45, 2.75) is 12.8 Å². The third-order valence-corrected chi connectivity index (χ3v) is 3.35. The standard InChI is InChI=1S/C11H17ClN4O/c1-16(6-8-2-4-17-5-3-8)11-9(13)10(12)14-7-15-11/h7-8H,2-6,13H2,1H3. The molecule has 1 saturated heterocycles. The lowest BCUT2D eigenvalue weighted by Crippen LogP contribution is -2.30. The van der Waals surface area contributed by atoms with E-state index < -0.39 is 0 Å². The highest BCUT2D eigenvalue weighted by molar-refractivity contribution is 6.32. The predicted octanol–water partition coefficient (Wildman–Crippen LogP) is 1.57. The van der Waals surface area contributed by atoms with Gasteiger partial charge in [0.25, 0.3) is 0 Å². The minimum Gasteiger partial charge on any atom is -0.393 e. The van der Waals surface area contributed by atoms with Crippen LogP contribution in [0.5, 0.6) is 0 Å². The number of anilines is 2. The number of nitrogens with two attached hydrogens (primary N) is 1. The van der Waals surface area contributed by atoms with Gasteiger partial charge in [-0.25, -0.2) is 9.97 Å². The lowest BCUT2D eigenvalue weighted by molar-refractivity contribution is 0.0685. The van der Waals surface area contributed by atoms with Gasteiger partial charge in [0.1, 0.15) is 12.0 Å². The Bertz CT molecular complexity index is 382. The first-order valence-corrected chi connectivity index (χ1v) is 6.11. The number of nitrogens with zero attached hydrogens (tertiary/aromatic N) is 3. The van der Waals surface area contributed by atoms with Crippen LogP contribution in [0, 0.1) is 5.92 Å². The van der Waals surface area contributed by atoms with E-state index >= 15 is 0 Å². The van der Waals surface area contributed by atoms with Crippen molar-refractivity contribution in [2.75, 3.05) is 37.4 Å². The molecule has 0 bridgehead atoms. The maximum absolute atomic E-state index is 5.88. The van der Waals surface area contributed by atoms with E-state index in [0.717, 1.165) is 32.6 Å². The Balaban J connectivity index is 2.03. The van der Waals surface area contributed by atoms with E-state index in [1.807, 2.05) is 11.9 Å². The topological polar surface area (TPSA) is 64.3 Å². The molecule has 0 radical (unpaired) electrons. The van der Waals surface area contributed by atoms with Crippen LogP contribution < -0.4 is 10.6 Å². The van der Waals surface area contributed by atoms with E-state index in [1.54, 1.807) is 0 Å². The molecule has 0 spiro atoms. The number of hydrogen-bond donors (Lipinski definition) is 1. The van der Waals surface area contributed by atoms with Crippen molar-refractivity contribution in [2.24, 2.45) is 5.92 Å². The Morgan fingerprint density at radius 2 is 2.18 bits per heavy atom. The SMILES string of the molecule is CN(CC1CCOCC1)c1ncnc(Cl)c1N. The summed E-state index contributed by atoms with van der Waals surface area (Å²) in [5, 5.41) is 0.314. The molecule has 6 heteroatoms. The zero-order valence-corrected chi connectivity index (χ0v) is 10.7. The summed E-state index contributed by atoms with van der Waals surface area (Å²) in [6, 6.07) is 0. The number of nitrogen functional groups attached to an aromatic ring is 1. The molecular weight excluding hydrogens is 240 g/mol. The van der Waals surface area contributed by atoms with Crippen molar-refractivity contribution < 1.29 is 4.74 Å². The molecule has 0 aliphatic carbocycles. The van der Waals surface area contributed by atoms with Crippen LogP contribution in [0.15, 0.2) is 6.33 Å². The van der Waals surface area contributed by atoms with Crippen molar-refractivity contribution in [1.29, 1.82) is 0 Å². The average Bonchev–Trinajstić information content (AvgIpc) is 2.34. The van der Waals surface area contributed by atoms with Gasteiger partial charge in [0, 0.05) is 26.8 Å². The van der Waals surface area contributed by atoms with Crippen LogP contribution in [0.1, 0.15) is 12.8 Å². The van der Waals surface area contributed by atoms with Crippen LogP contribution in [0.3, 0.4) is 0 Å². The highest BCUT2D eigenvalue weighted by Gasteiger charge is 2.18. The first-order valence-electron chi connectivity index (χ1n) is 5.73. The highest BCUT2D eigenvalue weighted by atomic mass is 35.5. The van der Waals surface area contributed by atoms with E-state index in [1.165, 1.54) is 6.33 Å². The summed E-state index contributed by atoms with van der Waals surface area (Å²) in [6.07, 6.45) is 3.61. The van der Waals surface area contributed by atoms with Crippen molar-refractivity contribution in [1.82, 2.24) is 9.97 Å². The molecule has 1 fully saturated rings. The summed E-state index contributed by atoms with van der Waals surface area (Å²) in [6.45, 7) is 2.61. The normalized spacial score (nSPS) is 17.1. The zero-order chi connectivity index (χ0) is 12.3. The lowest BCUT2D eigenvalue weighted by Gasteiger charge is -2.28. The summed E-state index contributed by atoms with van der Waals surface area (Å²) in [7, 11) is 1.98. The van der Waals surface area contributed by atoms with E-state index in [9.17, 15) is 0 Å². The molecule has 2 heterocycles. The van der Waals surface area contributed by atoms with Crippen LogP contribution >= 0.6 is 11.6 Å². The minimum atomic E-state index is 0.314. The molecule has 0 amide bonds. The first kappa shape index (κ1) is 12.4. The van der Waals surface area contributed by atoms with Crippen LogP contribution in [0.4, 0.5) is 11.5 Å². The average molecular weight is 257 g/mol. The van der Waals surface area contributed by atoms with Gasteiger partial charge >= 0.3 is 0 Å². The number of hydrogen-bond acceptors (Lipinski definition) is 5. The molecule has 1 aliphatic rings. The van der Waals surface area contributed by atoms with E-state index in [0.29, 0.717) is 22.6 Å². The van der Waals surface area contributed by atoms with Crippen LogP contribution in [-0.4, -0.2) is 36.8 Å². The lowest BCUT2D eigenvalue weighted by atomic mass is 10.00. The maximum Gasteiger partial charge on any atom is 0.157 e. The molecule has 0 saturated carbocycles. The Morgan fingerprint density at radius 1 is 1.47 bits per heavy atom. The van der Waals surface area contributed by atoms with Gasteiger partial charge in [0.2, 0.25) is 0 Å². The second-order valence-electron chi connectivity index (χ2n) is 4.34. The second kappa shape index (κ2) is 5.51. The quantitative estimate of drug-likeness (QED) is 0.832. The van der Waals surface area contributed by atoms with Crippen LogP contribution in [-0.2, 0) is 4.74 Å². The van der Waals surface area contributed by atoms with Crippen molar-refractivity contribution in [3.8, 4) is 0 Å². The maximum atomic E-state index is 5.88. The molecule has 1 aromatic rings. The fourth-order valence-corrected chi connectivity index (χ4v) is 2.20. The Hall–Kier alpha value is -1.07. The van der Waals surface area contributed by atoms with Gasteiger partial charge in [0.15, 0.2) is 11.0 Å². The van der Waals surface area contributed by atoms with Gasteiger partial charge < -0.3 is 15.4 Å². The summed E-state index contributed by atoms with van der Waals surface area (Å²) in [5.41, 5.74) is 6.31. The molecule has 2 rings (SSSR count). The Labute approximate surface area is 106 Å². The van der Waals surface area contributed by atoms with Crippen molar-refractivity contribution in [3.63, 3.8) is 0 Å². The van der Waals surface area contributed by atoms with Gasteiger partial charge in [-0.2, -0.15) is 0 Å². The number of ether oxygens (including phenoxy) is 1. The summed E-state index contributed by atoms with van der Waals surface area (Å²) < 4.78 is 5.34. The first-order chi connectivity index (χ1) is 8.18. The molecule has 5 nitrogen and oxygen atoms in total. The van der Waals surface area contributed by atoms with Gasteiger partial charge in [-0.15, -0.1) is 0 Å². The molecule has 0 unspecified atom stereocenters. The highest BCUT2D eigenvalue weighted by Crippen LogP contribution is 2.26. The smallest absolute Gasteiger partial charge is 0.157 e. The predicted molar refractivity (Wildman–Crippen MR) is 68.3 cm³/mol. The van der Waals surface area contributed by atoms with Crippen molar-refractivity contribution in [3.05, 3.63) is 11.5 Å². The second-order valence-corrected chi connectivity index (χ2v) is 4.70. The molecule has 94 valence electrons. The fourth-order valence-electron chi connectivity index (χ4n) is 2.07. The van der Waals surface area contributed by atoms with E-state index in [4.69, 9.17) is 22.1 Å². The minimum absolute atomic E-state index is 0.314. The summed E-state index contributed by atoms with van der Waals surface area (Å²) >= 11 is 5.88.